The average molecular weight is 305 g/mol. The molecule has 1 heterocycles. The molecule has 112 valence electrons. The van der Waals surface area contributed by atoms with Crippen molar-refractivity contribution in [3.05, 3.63) is 41.2 Å². The quantitative estimate of drug-likeness (QED) is 0.828. The Hall–Kier alpha value is -1.82. The van der Waals surface area contributed by atoms with Crippen LogP contribution in [0.3, 0.4) is 0 Å². The fraction of sp³-hybridized carbons (Fsp3) is 0.400. The molecule has 0 unspecified atom stereocenters. The van der Waals surface area contributed by atoms with E-state index in [9.17, 15) is 4.79 Å². The standard InChI is InChI=1S/C15H19N3O2S/c1-4-18-13(10(2)3)16-17-15(18)21-9-11-6-5-7-12(8-11)14(19)20/h5-8,10H,4,9H2,1-3H3,(H,19,20). The molecule has 0 atom stereocenters. The highest BCUT2D eigenvalue weighted by Gasteiger charge is 2.14. The molecule has 0 aliphatic rings. The van der Waals surface area contributed by atoms with Gasteiger partial charge in [-0.25, -0.2) is 4.79 Å². The maximum absolute atomic E-state index is 11.0. The summed E-state index contributed by atoms with van der Waals surface area (Å²) in [4.78, 5) is 11.0. The number of hydrogen-bond acceptors (Lipinski definition) is 4. The Labute approximate surface area is 128 Å². The van der Waals surface area contributed by atoms with Crippen molar-refractivity contribution in [1.82, 2.24) is 14.8 Å². The molecular formula is C15H19N3O2S. The van der Waals surface area contributed by atoms with Crippen LogP contribution in [0.5, 0.6) is 0 Å². The molecule has 0 amide bonds. The van der Waals surface area contributed by atoms with Crippen molar-refractivity contribution < 1.29 is 9.90 Å². The van der Waals surface area contributed by atoms with Crippen LogP contribution in [0.1, 0.15) is 48.4 Å². The molecule has 0 aliphatic carbocycles. The van der Waals surface area contributed by atoms with Gasteiger partial charge in [0.2, 0.25) is 0 Å². The van der Waals surface area contributed by atoms with Crippen LogP contribution < -0.4 is 0 Å². The molecular weight excluding hydrogens is 286 g/mol. The van der Waals surface area contributed by atoms with Gasteiger partial charge in [-0.15, -0.1) is 10.2 Å². The van der Waals surface area contributed by atoms with E-state index in [0.717, 1.165) is 23.1 Å². The van der Waals surface area contributed by atoms with Gasteiger partial charge in [0.15, 0.2) is 5.16 Å². The van der Waals surface area contributed by atoms with E-state index in [-0.39, 0.29) is 0 Å². The number of hydrogen-bond donors (Lipinski definition) is 1. The lowest BCUT2D eigenvalue weighted by molar-refractivity contribution is 0.0697. The van der Waals surface area contributed by atoms with Crippen LogP contribution in [-0.2, 0) is 12.3 Å². The number of carbonyl (C=O) groups is 1. The van der Waals surface area contributed by atoms with Crippen LogP contribution in [0.2, 0.25) is 0 Å². The summed E-state index contributed by atoms with van der Waals surface area (Å²) in [7, 11) is 0. The second-order valence-electron chi connectivity index (χ2n) is 5.03. The highest BCUT2D eigenvalue weighted by Crippen LogP contribution is 2.24. The number of rotatable bonds is 6. The predicted molar refractivity (Wildman–Crippen MR) is 82.7 cm³/mol. The van der Waals surface area contributed by atoms with Crippen molar-refractivity contribution in [3.8, 4) is 0 Å². The van der Waals surface area contributed by atoms with Crippen LogP contribution in [0, 0.1) is 0 Å². The van der Waals surface area contributed by atoms with Crippen molar-refractivity contribution in [2.45, 2.75) is 44.1 Å². The molecule has 2 aromatic rings. The minimum absolute atomic E-state index is 0.313. The second-order valence-corrected chi connectivity index (χ2v) is 5.98. The van der Waals surface area contributed by atoms with Gasteiger partial charge in [-0.1, -0.05) is 37.7 Å². The molecule has 21 heavy (non-hydrogen) atoms. The van der Waals surface area contributed by atoms with Gasteiger partial charge in [0.25, 0.3) is 0 Å². The minimum atomic E-state index is -0.902. The van der Waals surface area contributed by atoms with E-state index >= 15 is 0 Å². The fourth-order valence-corrected chi connectivity index (χ4v) is 3.03. The van der Waals surface area contributed by atoms with Crippen LogP contribution in [0.4, 0.5) is 0 Å². The molecule has 0 fully saturated rings. The van der Waals surface area contributed by atoms with E-state index in [4.69, 9.17) is 5.11 Å². The zero-order chi connectivity index (χ0) is 15.4. The number of aromatic carboxylic acids is 1. The van der Waals surface area contributed by atoms with E-state index in [1.54, 1.807) is 30.0 Å². The molecule has 1 aromatic heterocycles. The normalized spacial score (nSPS) is 11.0. The molecule has 0 saturated heterocycles. The van der Waals surface area contributed by atoms with E-state index in [1.165, 1.54) is 0 Å². The third kappa shape index (κ3) is 3.64. The van der Waals surface area contributed by atoms with Gasteiger partial charge < -0.3 is 9.67 Å². The van der Waals surface area contributed by atoms with Gasteiger partial charge in [0.05, 0.1) is 5.56 Å². The van der Waals surface area contributed by atoms with Crippen molar-refractivity contribution in [1.29, 1.82) is 0 Å². The lowest BCUT2D eigenvalue weighted by Crippen LogP contribution is -2.04. The number of nitrogens with zero attached hydrogens (tertiary/aromatic N) is 3. The molecule has 0 aliphatic heterocycles. The number of carboxylic acids is 1. The van der Waals surface area contributed by atoms with Crippen molar-refractivity contribution in [2.24, 2.45) is 0 Å². The summed E-state index contributed by atoms with van der Waals surface area (Å²) in [5.74, 6) is 1.10. The van der Waals surface area contributed by atoms with E-state index in [1.807, 2.05) is 6.07 Å². The number of aromatic nitrogens is 3. The maximum Gasteiger partial charge on any atom is 0.335 e. The lowest BCUT2D eigenvalue weighted by atomic mass is 10.1. The first-order chi connectivity index (χ1) is 10.0. The highest BCUT2D eigenvalue weighted by atomic mass is 32.2. The van der Waals surface area contributed by atoms with Crippen LogP contribution >= 0.6 is 11.8 Å². The third-order valence-electron chi connectivity index (χ3n) is 3.12. The van der Waals surface area contributed by atoms with Crippen LogP contribution in [0.15, 0.2) is 29.4 Å². The Morgan fingerprint density at radius 3 is 2.76 bits per heavy atom. The molecule has 2 rings (SSSR count). The van der Waals surface area contributed by atoms with Crippen molar-refractivity contribution in [2.75, 3.05) is 0 Å². The third-order valence-corrected chi connectivity index (χ3v) is 4.16. The summed E-state index contributed by atoms with van der Waals surface area (Å²) in [5.41, 5.74) is 1.28. The molecule has 0 radical (unpaired) electrons. The topological polar surface area (TPSA) is 68.0 Å². The van der Waals surface area contributed by atoms with Gasteiger partial charge in [-0.2, -0.15) is 0 Å². The first-order valence-electron chi connectivity index (χ1n) is 6.91. The summed E-state index contributed by atoms with van der Waals surface area (Å²) < 4.78 is 2.11. The minimum Gasteiger partial charge on any atom is -0.478 e. The predicted octanol–water partition coefficient (Wildman–Crippen LogP) is 3.41. The number of benzene rings is 1. The SMILES string of the molecule is CCn1c(SCc2cccc(C(=O)O)c2)nnc1C(C)C. The van der Waals surface area contributed by atoms with Crippen molar-refractivity contribution in [3.63, 3.8) is 0 Å². The molecule has 6 heteroatoms. The molecule has 1 aromatic carbocycles. The average Bonchev–Trinajstić information content (AvgIpc) is 2.88. The fourth-order valence-electron chi connectivity index (χ4n) is 2.07. The molecule has 0 spiro atoms. The van der Waals surface area contributed by atoms with Gasteiger partial charge in [0.1, 0.15) is 5.82 Å². The monoisotopic (exact) mass is 305 g/mol. The van der Waals surface area contributed by atoms with Gasteiger partial charge in [-0.3, -0.25) is 0 Å². The smallest absolute Gasteiger partial charge is 0.335 e. The maximum atomic E-state index is 11.0. The summed E-state index contributed by atoms with van der Waals surface area (Å²) in [6, 6.07) is 6.99. The Balaban J connectivity index is 2.13. The molecule has 0 bridgehead atoms. The van der Waals surface area contributed by atoms with E-state index in [0.29, 0.717) is 17.2 Å². The zero-order valence-electron chi connectivity index (χ0n) is 12.4. The van der Waals surface area contributed by atoms with Crippen LogP contribution in [0.25, 0.3) is 0 Å². The number of thioether (sulfide) groups is 1. The summed E-state index contributed by atoms with van der Waals surface area (Å²) in [5, 5.41) is 18.4. The number of carboxylic acid groups (broad SMARTS) is 1. The Morgan fingerprint density at radius 1 is 1.38 bits per heavy atom. The van der Waals surface area contributed by atoms with E-state index in [2.05, 4.69) is 35.5 Å². The first kappa shape index (κ1) is 15.6. The molecule has 0 saturated carbocycles. The summed E-state index contributed by atoms with van der Waals surface area (Å²) >= 11 is 1.58. The Bertz CT molecular complexity index is 638. The van der Waals surface area contributed by atoms with Gasteiger partial charge in [0, 0.05) is 18.2 Å². The Kier molecular flexibility index (Phi) is 5.01. The highest BCUT2D eigenvalue weighted by molar-refractivity contribution is 7.98. The van der Waals surface area contributed by atoms with Gasteiger partial charge >= 0.3 is 5.97 Å². The zero-order valence-corrected chi connectivity index (χ0v) is 13.2. The van der Waals surface area contributed by atoms with Crippen molar-refractivity contribution >= 4 is 17.7 Å². The summed E-state index contributed by atoms with van der Waals surface area (Å²) in [6.45, 7) is 7.10. The lowest BCUT2D eigenvalue weighted by Gasteiger charge is -2.09. The molecule has 1 N–H and O–H groups in total. The largest absolute Gasteiger partial charge is 0.478 e. The first-order valence-corrected chi connectivity index (χ1v) is 7.89. The molecule has 5 nitrogen and oxygen atoms in total. The van der Waals surface area contributed by atoms with Gasteiger partial charge in [-0.05, 0) is 24.6 Å². The summed E-state index contributed by atoms with van der Waals surface area (Å²) in [6.07, 6.45) is 0. The van der Waals surface area contributed by atoms with Crippen LogP contribution in [-0.4, -0.2) is 25.8 Å². The Morgan fingerprint density at radius 2 is 2.14 bits per heavy atom. The van der Waals surface area contributed by atoms with E-state index < -0.39 is 5.97 Å². The second kappa shape index (κ2) is 6.76.